The standard InChI is InChI=1S/C22H31NO6/c1-22(2,3)29-21(25)23-15-10-14(11-16(23)13-28-12-15)19(24)17-8-6-7-9-18(17)20(26-4)27-5/h6-9,14-16,20H,10-13H2,1-5H3. The monoisotopic (exact) mass is 405 g/mol. The summed E-state index contributed by atoms with van der Waals surface area (Å²) >= 11 is 0. The number of hydrogen-bond donors (Lipinski definition) is 0. The Kier molecular flexibility index (Phi) is 6.61. The van der Waals surface area contributed by atoms with Crippen LogP contribution in [0.5, 0.6) is 0 Å². The largest absolute Gasteiger partial charge is 0.444 e. The molecule has 3 rings (SSSR count). The molecule has 2 heterocycles. The highest BCUT2D eigenvalue weighted by atomic mass is 16.7. The molecule has 2 atom stereocenters. The van der Waals surface area contributed by atoms with Gasteiger partial charge < -0.3 is 18.9 Å². The number of Topliss-reactive ketones (excluding diaryl/α,β-unsaturated/α-hetero) is 1. The molecule has 0 saturated carbocycles. The maximum Gasteiger partial charge on any atom is 0.410 e. The van der Waals surface area contributed by atoms with E-state index in [-0.39, 0.29) is 29.9 Å². The first-order valence-corrected chi connectivity index (χ1v) is 10.0. The Morgan fingerprint density at radius 2 is 1.66 bits per heavy atom. The van der Waals surface area contributed by atoms with Crippen LogP contribution in [0.15, 0.2) is 24.3 Å². The number of piperidine rings is 1. The lowest BCUT2D eigenvalue weighted by molar-refractivity contribution is -0.106. The van der Waals surface area contributed by atoms with Crippen molar-refractivity contribution in [3.8, 4) is 0 Å². The van der Waals surface area contributed by atoms with Crippen molar-refractivity contribution in [2.24, 2.45) is 5.92 Å². The van der Waals surface area contributed by atoms with Crippen LogP contribution in [0.3, 0.4) is 0 Å². The fraction of sp³-hybridized carbons (Fsp3) is 0.636. The highest BCUT2D eigenvalue weighted by Crippen LogP contribution is 2.36. The lowest BCUT2D eigenvalue weighted by Gasteiger charge is -2.48. The van der Waals surface area contributed by atoms with Crippen molar-refractivity contribution in [2.75, 3.05) is 27.4 Å². The van der Waals surface area contributed by atoms with E-state index >= 15 is 0 Å². The molecule has 2 unspecified atom stereocenters. The third-order valence-corrected chi connectivity index (χ3v) is 5.40. The molecule has 2 fully saturated rings. The average Bonchev–Trinajstić information content (AvgIpc) is 2.66. The van der Waals surface area contributed by atoms with Gasteiger partial charge in [-0.1, -0.05) is 24.3 Å². The highest BCUT2D eigenvalue weighted by molar-refractivity contribution is 5.99. The van der Waals surface area contributed by atoms with Crippen LogP contribution in [0.4, 0.5) is 4.79 Å². The topological polar surface area (TPSA) is 74.3 Å². The van der Waals surface area contributed by atoms with Crippen LogP contribution in [0, 0.1) is 5.92 Å². The fourth-order valence-corrected chi connectivity index (χ4v) is 4.24. The Bertz CT molecular complexity index is 725. The summed E-state index contributed by atoms with van der Waals surface area (Å²) in [5, 5.41) is 0. The Morgan fingerprint density at radius 3 is 2.21 bits per heavy atom. The second kappa shape index (κ2) is 8.81. The molecule has 0 spiro atoms. The van der Waals surface area contributed by atoms with Crippen molar-refractivity contribution in [3.63, 3.8) is 0 Å². The summed E-state index contributed by atoms with van der Waals surface area (Å²) in [5.41, 5.74) is 0.766. The SMILES string of the molecule is COC(OC)c1ccccc1C(=O)C1CC2COCC(C1)N2C(=O)OC(C)(C)C. The third-order valence-electron chi connectivity index (χ3n) is 5.40. The van der Waals surface area contributed by atoms with Crippen LogP contribution >= 0.6 is 0 Å². The number of morpholine rings is 1. The smallest absolute Gasteiger partial charge is 0.410 e. The van der Waals surface area contributed by atoms with Crippen LogP contribution in [0.2, 0.25) is 0 Å². The summed E-state index contributed by atoms with van der Waals surface area (Å²) in [6.45, 7) is 6.39. The molecule has 0 aliphatic carbocycles. The zero-order chi connectivity index (χ0) is 21.2. The number of ketones is 1. The van der Waals surface area contributed by atoms with Gasteiger partial charge in [0.25, 0.3) is 0 Å². The molecule has 1 amide bonds. The van der Waals surface area contributed by atoms with Crippen LogP contribution < -0.4 is 0 Å². The van der Waals surface area contributed by atoms with Crippen LogP contribution in [-0.2, 0) is 18.9 Å². The Balaban J connectivity index is 1.80. The predicted octanol–water partition coefficient (Wildman–Crippen LogP) is 3.58. The van der Waals surface area contributed by atoms with Gasteiger partial charge in [0.05, 0.1) is 25.3 Å². The molecular formula is C22H31NO6. The van der Waals surface area contributed by atoms with Gasteiger partial charge in [-0.2, -0.15) is 0 Å². The number of amides is 1. The van der Waals surface area contributed by atoms with Gasteiger partial charge in [0.1, 0.15) is 5.60 Å². The van der Waals surface area contributed by atoms with E-state index in [0.29, 0.717) is 31.6 Å². The number of nitrogens with zero attached hydrogens (tertiary/aromatic N) is 1. The maximum atomic E-state index is 13.4. The normalized spacial score (nSPS) is 24.5. The molecule has 29 heavy (non-hydrogen) atoms. The zero-order valence-corrected chi connectivity index (χ0v) is 17.8. The van der Waals surface area contributed by atoms with Crippen molar-refractivity contribution < 1.29 is 28.5 Å². The Labute approximate surface area is 172 Å². The number of methoxy groups -OCH3 is 2. The lowest BCUT2D eigenvalue weighted by Crippen LogP contribution is -2.60. The van der Waals surface area contributed by atoms with Gasteiger partial charge in [-0.15, -0.1) is 0 Å². The minimum atomic E-state index is -0.597. The number of hydrogen-bond acceptors (Lipinski definition) is 6. The van der Waals surface area contributed by atoms with Crippen LogP contribution in [0.25, 0.3) is 0 Å². The van der Waals surface area contributed by atoms with Crippen LogP contribution in [-0.4, -0.2) is 61.9 Å². The first-order valence-electron chi connectivity index (χ1n) is 10.0. The second-order valence-corrected chi connectivity index (χ2v) is 8.66. The van der Waals surface area contributed by atoms with Crippen molar-refractivity contribution in [1.82, 2.24) is 4.90 Å². The van der Waals surface area contributed by atoms with Gasteiger partial charge in [-0.25, -0.2) is 4.79 Å². The van der Waals surface area contributed by atoms with Gasteiger partial charge >= 0.3 is 6.09 Å². The second-order valence-electron chi connectivity index (χ2n) is 8.66. The zero-order valence-electron chi connectivity index (χ0n) is 17.8. The Hall–Kier alpha value is -1.96. The molecule has 0 N–H and O–H groups in total. The number of benzene rings is 1. The summed E-state index contributed by atoms with van der Waals surface area (Å²) in [4.78, 5) is 27.9. The number of ether oxygens (including phenoxy) is 4. The maximum absolute atomic E-state index is 13.4. The quantitative estimate of drug-likeness (QED) is 0.551. The van der Waals surface area contributed by atoms with E-state index < -0.39 is 11.9 Å². The summed E-state index contributed by atoms with van der Waals surface area (Å²) in [6, 6.07) is 7.04. The molecule has 1 aromatic carbocycles. The molecule has 7 nitrogen and oxygen atoms in total. The minimum Gasteiger partial charge on any atom is -0.444 e. The number of fused-ring (bicyclic) bond motifs is 2. The van der Waals surface area contributed by atoms with Gasteiger partial charge in [0.2, 0.25) is 0 Å². The predicted molar refractivity (Wildman–Crippen MR) is 107 cm³/mol. The molecule has 2 bridgehead atoms. The minimum absolute atomic E-state index is 0.0560. The van der Waals surface area contributed by atoms with Crippen molar-refractivity contribution >= 4 is 11.9 Å². The molecule has 2 aliphatic rings. The number of carbonyl (C=O) groups excluding carboxylic acids is 2. The molecule has 0 aromatic heterocycles. The summed E-state index contributed by atoms with van der Waals surface area (Å²) < 4.78 is 22.0. The van der Waals surface area contributed by atoms with Crippen molar-refractivity contribution in [1.29, 1.82) is 0 Å². The van der Waals surface area contributed by atoms with Gasteiger partial charge in [-0.3, -0.25) is 9.69 Å². The Morgan fingerprint density at radius 1 is 1.07 bits per heavy atom. The lowest BCUT2D eigenvalue weighted by atomic mass is 9.80. The van der Waals surface area contributed by atoms with Gasteiger partial charge in [0, 0.05) is 31.3 Å². The third kappa shape index (κ3) is 4.79. The number of carbonyl (C=O) groups is 2. The first kappa shape index (κ1) is 21.7. The molecule has 160 valence electrons. The van der Waals surface area contributed by atoms with Gasteiger partial charge in [0.15, 0.2) is 12.1 Å². The average molecular weight is 405 g/mol. The fourth-order valence-electron chi connectivity index (χ4n) is 4.24. The summed E-state index contributed by atoms with van der Waals surface area (Å²) in [6.07, 6.45) is 0.168. The van der Waals surface area contributed by atoms with Gasteiger partial charge in [-0.05, 0) is 33.6 Å². The van der Waals surface area contributed by atoms with E-state index in [1.165, 1.54) is 0 Å². The number of rotatable bonds is 5. The molecule has 1 aromatic rings. The highest BCUT2D eigenvalue weighted by Gasteiger charge is 2.45. The van der Waals surface area contributed by atoms with E-state index in [2.05, 4.69) is 0 Å². The van der Waals surface area contributed by atoms with E-state index in [9.17, 15) is 9.59 Å². The summed E-state index contributed by atoms with van der Waals surface area (Å²) in [7, 11) is 3.10. The molecule has 7 heteroatoms. The molecule has 2 saturated heterocycles. The molecular weight excluding hydrogens is 374 g/mol. The molecule has 0 radical (unpaired) electrons. The van der Waals surface area contributed by atoms with Crippen LogP contribution in [0.1, 0.15) is 55.8 Å². The van der Waals surface area contributed by atoms with Crippen molar-refractivity contribution in [3.05, 3.63) is 35.4 Å². The van der Waals surface area contributed by atoms with Crippen molar-refractivity contribution in [2.45, 2.75) is 57.6 Å². The summed E-state index contributed by atoms with van der Waals surface area (Å²) in [5.74, 6) is -0.136. The van der Waals surface area contributed by atoms with E-state index in [1.807, 2.05) is 45.0 Å². The van der Waals surface area contributed by atoms with E-state index in [0.717, 1.165) is 5.56 Å². The molecule has 2 aliphatic heterocycles. The van der Waals surface area contributed by atoms with E-state index in [1.54, 1.807) is 19.1 Å². The van der Waals surface area contributed by atoms with E-state index in [4.69, 9.17) is 18.9 Å². The first-order chi connectivity index (χ1) is 13.7.